The standard InChI is InChI=1S/C21H23O5.C5H5.Fe/c1-3-25-19(23)21(20(24)26-4-2)11-15-9-17(13-22)18(10-16(15)12-21)14-7-5-6-8-14;1-2-4-5-3-1;/h5-10,22H,3-4,11-13H2,1-2H3;1-5H;/q;;+2. The van der Waals surface area contributed by atoms with Gasteiger partial charge in [0.2, 0.25) is 0 Å². The van der Waals surface area contributed by atoms with Crippen molar-refractivity contribution in [1.29, 1.82) is 0 Å². The van der Waals surface area contributed by atoms with Crippen LogP contribution in [0.1, 0.15) is 36.1 Å². The number of aliphatic hydroxyl groups is 1. The molecule has 4 rings (SSSR count). The van der Waals surface area contributed by atoms with Crippen LogP contribution in [0.3, 0.4) is 0 Å². The topological polar surface area (TPSA) is 72.8 Å². The van der Waals surface area contributed by atoms with Crippen LogP contribution in [0.5, 0.6) is 0 Å². The third-order valence-electron chi connectivity index (χ3n) is 5.44. The summed E-state index contributed by atoms with van der Waals surface area (Å²) in [5.41, 5.74) is 2.15. The summed E-state index contributed by atoms with van der Waals surface area (Å²) in [5.74, 6) is -0.0910. The zero-order valence-corrected chi connectivity index (χ0v) is 19.4. The molecule has 1 aromatic rings. The summed E-state index contributed by atoms with van der Waals surface area (Å²) in [6.07, 6.45) is 18.3. The van der Waals surface area contributed by atoms with E-state index in [0.717, 1.165) is 28.2 Å². The monoisotopic (exact) mass is 476 g/mol. The van der Waals surface area contributed by atoms with Crippen molar-refractivity contribution in [3.8, 4) is 0 Å². The maximum Gasteiger partial charge on any atom is 2.00 e. The van der Waals surface area contributed by atoms with Gasteiger partial charge in [0.25, 0.3) is 0 Å². The third kappa shape index (κ3) is 5.95. The third-order valence-corrected chi connectivity index (χ3v) is 5.44. The van der Waals surface area contributed by atoms with Crippen molar-refractivity contribution < 1.29 is 41.2 Å². The molecule has 0 bridgehead atoms. The number of fused-ring (bicyclic) bond motifs is 1. The van der Waals surface area contributed by atoms with Gasteiger partial charge in [-0.15, -0.1) is 0 Å². The predicted molar refractivity (Wildman–Crippen MR) is 117 cm³/mol. The van der Waals surface area contributed by atoms with E-state index in [-0.39, 0.29) is 49.7 Å². The minimum atomic E-state index is -1.34. The first-order valence-electron chi connectivity index (χ1n) is 10.5. The summed E-state index contributed by atoms with van der Waals surface area (Å²) in [6, 6.07) is 3.86. The number of rotatable bonds is 6. The normalized spacial score (nSPS) is 18.8. The van der Waals surface area contributed by atoms with Gasteiger partial charge in [-0.1, -0.05) is 12.1 Å². The van der Waals surface area contributed by atoms with E-state index in [1.54, 1.807) is 13.8 Å². The van der Waals surface area contributed by atoms with Crippen molar-refractivity contribution in [3.63, 3.8) is 0 Å². The van der Waals surface area contributed by atoms with Crippen molar-refractivity contribution in [1.82, 2.24) is 0 Å². The van der Waals surface area contributed by atoms with Crippen molar-refractivity contribution in [3.05, 3.63) is 98.1 Å². The minimum absolute atomic E-state index is 0. The number of ether oxygens (including phenoxy) is 2. The van der Waals surface area contributed by atoms with Crippen LogP contribution in [0.25, 0.3) is 0 Å². The quantitative estimate of drug-likeness (QED) is 0.388. The first-order valence-corrected chi connectivity index (χ1v) is 10.5. The van der Waals surface area contributed by atoms with Gasteiger partial charge in [-0.05, 0) is 107 Å². The molecule has 5 nitrogen and oxygen atoms in total. The number of aliphatic hydroxyl groups excluding tert-OH is 1. The van der Waals surface area contributed by atoms with E-state index in [0.29, 0.717) is 0 Å². The minimum Gasteiger partial charge on any atom is -0.465 e. The molecule has 0 aromatic heterocycles. The molecular weight excluding hydrogens is 448 g/mol. The molecule has 0 amide bonds. The largest absolute Gasteiger partial charge is 2.00 e. The molecule has 6 heteroatoms. The molecule has 2 fully saturated rings. The molecule has 3 aliphatic carbocycles. The molecule has 1 aromatic carbocycles. The van der Waals surface area contributed by atoms with Crippen LogP contribution in [-0.4, -0.2) is 30.3 Å². The van der Waals surface area contributed by atoms with E-state index in [2.05, 4.69) is 0 Å². The van der Waals surface area contributed by atoms with Gasteiger partial charge in [-0.25, -0.2) is 0 Å². The first kappa shape index (κ1) is 26.9. The zero-order chi connectivity index (χ0) is 22.3. The number of carbonyl (C=O) groups excluding carboxylic acids is 2. The van der Waals surface area contributed by atoms with Crippen LogP contribution in [0.2, 0.25) is 0 Å². The molecule has 0 heterocycles. The fourth-order valence-electron chi connectivity index (χ4n) is 3.97. The summed E-state index contributed by atoms with van der Waals surface area (Å²) in [5, 5.41) is 9.78. The number of benzene rings is 1. The van der Waals surface area contributed by atoms with Crippen molar-refractivity contribution in [2.24, 2.45) is 5.41 Å². The van der Waals surface area contributed by atoms with Crippen LogP contribution in [0.15, 0.2) is 12.1 Å². The van der Waals surface area contributed by atoms with Gasteiger partial charge in [0, 0.05) is 5.92 Å². The summed E-state index contributed by atoms with van der Waals surface area (Å²) in [7, 11) is 0. The number of hydrogen-bond acceptors (Lipinski definition) is 5. The molecule has 0 spiro atoms. The van der Waals surface area contributed by atoms with Crippen molar-refractivity contribution >= 4 is 11.9 Å². The van der Waals surface area contributed by atoms with Gasteiger partial charge >= 0.3 is 29.0 Å². The van der Waals surface area contributed by atoms with E-state index in [1.165, 1.54) is 0 Å². The average molecular weight is 476 g/mol. The Kier molecular flexibility index (Phi) is 10.7. The van der Waals surface area contributed by atoms with Gasteiger partial charge in [-0.3, -0.25) is 9.59 Å². The van der Waals surface area contributed by atoms with E-state index in [9.17, 15) is 14.7 Å². The van der Waals surface area contributed by atoms with Gasteiger partial charge in [0.05, 0.1) is 19.8 Å². The van der Waals surface area contributed by atoms with E-state index in [1.807, 2.05) is 69.9 Å². The van der Waals surface area contributed by atoms with E-state index < -0.39 is 17.4 Å². The van der Waals surface area contributed by atoms with Crippen LogP contribution >= 0.6 is 0 Å². The molecule has 32 heavy (non-hydrogen) atoms. The molecule has 0 saturated heterocycles. The second kappa shape index (κ2) is 12.8. The van der Waals surface area contributed by atoms with Crippen LogP contribution in [0.4, 0.5) is 0 Å². The Morgan fingerprint density at radius 3 is 1.75 bits per heavy atom. The molecule has 0 unspecified atom stereocenters. The Morgan fingerprint density at radius 2 is 1.31 bits per heavy atom. The maximum absolute atomic E-state index is 12.6. The molecule has 0 atom stereocenters. The maximum atomic E-state index is 12.6. The fraction of sp³-hybridized carbons (Fsp3) is 0.308. The first-order chi connectivity index (χ1) is 15.1. The summed E-state index contributed by atoms with van der Waals surface area (Å²) in [4.78, 5) is 25.3. The molecule has 3 aliphatic rings. The second-order valence-electron chi connectivity index (χ2n) is 7.45. The number of carbonyl (C=O) groups is 2. The van der Waals surface area contributed by atoms with Crippen LogP contribution in [0, 0.1) is 69.1 Å². The van der Waals surface area contributed by atoms with Gasteiger partial charge in [0.1, 0.15) is 0 Å². The van der Waals surface area contributed by atoms with Gasteiger partial charge in [0.15, 0.2) is 5.41 Å². The van der Waals surface area contributed by atoms with E-state index in [4.69, 9.17) is 9.47 Å². The molecule has 2 saturated carbocycles. The number of esters is 2. The molecular formula is C26H28FeO5+2. The average Bonchev–Trinajstić information content (AvgIpc) is 3.55. The fourth-order valence-corrected chi connectivity index (χ4v) is 3.97. The summed E-state index contributed by atoms with van der Waals surface area (Å²) in [6.45, 7) is 3.74. The molecule has 0 aliphatic heterocycles. The Bertz CT molecular complexity index is 740. The SMILES string of the molecule is CCOC(=O)C1(C(=O)OCC)Cc2cc(CO)c([C]3[CH][CH][CH][CH]3)cc2C1.[CH]1[CH][CH][CH][CH]1.[Fe+2]. The Balaban J connectivity index is 0.000000534. The van der Waals surface area contributed by atoms with Gasteiger partial charge < -0.3 is 14.6 Å². The molecule has 1 N–H and O–H groups in total. The Labute approximate surface area is 203 Å². The van der Waals surface area contributed by atoms with Crippen molar-refractivity contribution in [2.45, 2.75) is 33.3 Å². The van der Waals surface area contributed by atoms with Crippen molar-refractivity contribution in [2.75, 3.05) is 13.2 Å². The second-order valence-corrected chi connectivity index (χ2v) is 7.45. The Morgan fingerprint density at radius 1 is 0.844 bits per heavy atom. The zero-order valence-electron chi connectivity index (χ0n) is 18.3. The van der Waals surface area contributed by atoms with Crippen LogP contribution in [-0.2, 0) is 55.6 Å². The summed E-state index contributed by atoms with van der Waals surface area (Å²) >= 11 is 0. The molecule has 168 valence electrons. The van der Waals surface area contributed by atoms with Gasteiger partial charge in [-0.2, -0.15) is 0 Å². The van der Waals surface area contributed by atoms with Crippen LogP contribution < -0.4 is 0 Å². The smallest absolute Gasteiger partial charge is 0.465 e. The molecule has 10 radical (unpaired) electrons. The summed E-state index contributed by atoms with van der Waals surface area (Å²) < 4.78 is 10.4. The Hall–Kier alpha value is -1.36. The predicted octanol–water partition coefficient (Wildman–Crippen LogP) is 3.16. The number of hydrogen-bond donors (Lipinski definition) is 1. The van der Waals surface area contributed by atoms with E-state index >= 15 is 0 Å².